The summed E-state index contributed by atoms with van der Waals surface area (Å²) in [7, 11) is -3.19. The molecule has 1 heterocycles. The Balaban J connectivity index is 1.73. The number of esters is 1. The summed E-state index contributed by atoms with van der Waals surface area (Å²) in [5.41, 5.74) is -1.02. The maximum absolute atomic E-state index is 13.1. The summed E-state index contributed by atoms with van der Waals surface area (Å²) in [6, 6.07) is 7.04. The molecule has 1 aliphatic heterocycles. The Morgan fingerprint density at radius 2 is 1.69 bits per heavy atom. The zero-order valence-electron chi connectivity index (χ0n) is 17.7. The molecule has 8 heteroatoms. The van der Waals surface area contributed by atoms with Gasteiger partial charge in [0.15, 0.2) is 5.60 Å². The van der Waals surface area contributed by atoms with Crippen molar-refractivity contribution in [3.8, 4) is 0 Å². The molecule has 0 radical (unpaired) electrons. The Kier molecular flexibility index (Phi) is 5.71. The van der Waals surface area contributed by atoms with Crippen molar-refractivity contribution in [2.75, 3.05) is 18.5 Å². The number of nitrogens with one attached hydrogen (secondary N) is 1. The van der Waals surface area contributed by atoms with Crippen LogP contribution in [0.1, 0.15) is 53.0 Å². The Bertz CT molecular complexity index is 841. The van der Waals surface area contributed by atoms with Crippen molar-refractivity contribution < 1.29 is 27.9 Å². The van der Waals surface area contributed by atoms with Gasteiger partial charge in [0.05, 0.1) is 24.8 Å². The number of rotatable bonds is 8. The topological polar surface area (TPSA) is 90.9 Å². The highest BCUT2D eigenvalue weighted by Gasteiger charge is 2.75. The summed E-state index contributed by atoms with van der Waals surface area (Å²) < 4.78 is 28.9. The van der Waals surface area contributed by atoms with Crippen LogP contribution in [0.3, 0.4) is 0 Å². The van der Waals surface area contributed by atoms with Gasteiger partial charge in [0, 0.05) is 11.1 Å². The second-order valence-corrected chi connectivity index (χ2v) is 10.5. The lowest BCUT2D eigenvalue weighted by Gasteiger charge is -2.35. The largest absolute Gasteiger partial charge is 0.448 e. The summed E-state index contributed by atoms with van der Waals surface area (Å²) in [5.74, 6) is -0.610. The third kappa shape index (κ3) is 3.43. The third-order valence-electron chi connectivity index (χ3n) is 6.69. The van der Waals surface area contributed by atoms with E-state index in [1.807, 2.05) is 20.8 Å². The molecule has 29 heavy (non-hydrogen) atoms. The molecule has 2 aliphatic rings. The minimum Gasteiger partial charge on any atom is -0.448 e. The number of carbonyl (C=O) groups is 2. The maximum atomic E-state index is 13.1. The van der Waals surface area contributed by atoms with Gasteiger partial charge in [0.2, 0.25) is 0 Å². The fourth-order valence-corrected chi connectivity index (χ4v) is 6.12. The average molecular weight is 423 g/mol. The van der Waals surface area contributed by atoms with Gasteiger partial charge < -0.3 is 19.1 Å². The van der Waals surface area contributed by atoms with Crippen LogP contribution in [0.2, 0.25) is 0 Å². The summed E-state index contributed by atoms with van der Waals surface area (Å²) in [6.45, 7) is 9.88. The number of carbonyl (C=O) groups excluding carboxylic acids is 2. The molecule has 0 unspecified atom stereocenters. The lowest BCUT2D eigenvalue weighted by molar-refractivity contribution is -0.165. The molecule has 2 fully saturated rings. The zero-order chi connectivity index (χ0) is 21.5. The Morgan fingerprint density at radius 3 is 2.14 bits per heavy atom. The van der Waals surface area contributed by atoms with Crippen LogP contribution in [-0.4, -0.2) is 30.7 Å². The molecular weight excluding hydrogens is 393 g/mol. The highest BCUT2D eigenvalue weighted by molar-refractivity contribution is 7.53. The predicted molar refractivity (Wildman–Crippen MR) is 110 cm³/mol. The van der Waals surface area contributed by atoms with Gasteiger partial charge in [-0.2, -0.15) is 0 Å². The molecule has 2 atom stereocenters. The molecule has 160 valence electrons. The Morgan fingerprint density at radius 1 is 1.10 bits per heavy atom. The van der Waals surface area contributed by atoms with E-state index in [1.165, 1.54) is 0 Å². The van der Waals surface area contributed by atoms with Crippen LogP contribution in [0.4, 0.5) is 5.69 Å². The third-order valence-corrected chi connectivity index (χ3v) is 8.75. The zero-order valence-corrected chi connectivity index (χ0v) is 18.6. The van der Waals surface area contributed by atoms with Crippen LogP contribution >= 0.6 is 7.60 Å². The van der Waals surface area contributed by atoms with Crippen LogP contribution in [0.25, 0.3) is 0 Å². The van der Waals surface area contributed by atoms with Gasteiger partial charge in [0.25, 0.3) is 5.91 Å². The molecule has 7 nitrogen and oxygen atoms in total. The predicted octanol–water partition coefficient (Wildman–Crippen LogP) is 4.51. The van der Waals surface area contributed by atoms with Crippen molar-refractivity contribution in [2.45, 2.75) is 59.2 Å². The first kappa shape index (κ1) is 22.0. The Hall–Kier alpha value is -1.69. The average Bonchev–Trinajstić information content (AvgIpc) is 2.94. The van der Waals surface area contributed by atoms with Crippen LogP contribution in [0.5, 0.6) is 0 Å². The van der Waals surface area contributed by atoms with Crippen LogP contribution in [0, 0.1) is 10.8 Å². The number of hydrogen-bond donors (Lipinski definition) is 1. The van der Waals surface area contributed by atoms with E-state index in [-0.39, 0.29) is 18.0 Å². The number of anilines is 1. The van der Waals surface area contributed by atoms with E-state index in [9.17, 15) is 14.2 Å². The number of benzene rings is 1. The van der Waals surface area contributed by atoms with Gasteiger partial charge in [-0.25, -0.2) is 0 Å². The molecular formula is C21H30NO6P. The second-order valence-electron chi connectivity index (χ2n) is 8.43. The van der Waals surface area contributed by atoms with Crippen molar-refractivity contribution in [3.63, 3.8) is 0 Å². The van der Waals surface area contributed by atoms with E-state index in [2.05, 4.69) is 5.32 Å². The molecule has 1 aromatic rings. The summed E-state index contributed by atoms with van der Waals surface area (Å²) in [6.07, 6.45) is 1.31. The molecule has 1 aliphatic carbocycles. The molecule has 0 aromatic heterocycles. The molecule has 2 bridgehead atoms. The van der Waals surface area contributed by atoms with Crippen molar-refractivity contribution in [3.05, 3.63) is 29.8 Å². The van der Waals surface area contributed by atoms with Crippen LogP contribution in [-0.2, 0) is 34.1 Å². The first-order valence-corrected chi connectivity index (χ1v) is 11.8. The molecule has 1 saturated carbocycles. The fourth-order valence-electron chi connectivity index (χ4n) is 4.42. The van der Waals surface area contributed by atoms with E-state index in [0.717, 1.165) is 5.56 Å². The molecule has 1 aromatic carbocycles. The molecule has 0 spiro atoms. The van der Waals surface area contributed by atoms with Gasteiger partial charge in [-0.1, -0.05) is 26.0 Å². The number of hydrogen-bond acceptors (Lipinski definition) is 6. The molecule has 1 saturated heterocycles. The van der Waals surface area contributed by atoms with Gasteiger partial charge in [-0.15, -0.1) is 0 Å². The SMILES string of the molecule is CCOP(=O)(Cc1ccc(NC(=O)[C@@]23CC[C@@](C)(C(=O)O2)C3(C)C)cc1)OCC. The van der Waals surface area contributed by atoms with Gasteiger partial charge in [0.1, 0.15) is 0 Å². The minimum absolute atomic E-state index is 0.163. The number of fused-ring (bicyclic) bond motifs is 2. The van der Waals surface area contributed by atoms with Crippen LogP contribution in [0.15, 0.2) is 24.3 Å². The van der Waals surface area contributed by atoms with E-state index in [1.54, 1.807) is 38.1 Å². The second kappa shape index (κ2) is 7.53. The lowest BCUT2D eigenvalue weighted by atomic mass is 9.66. The first-order chi connectivity index (χ1) is 13.5. The van der Waals surface area contributed by atoms with Crippen molar-refractivity contribution in [1.29, 1.82) is 0 Å². The standard InChI is InChI=1S/C21H30NO6P/c1-6-26-29(25,27-7-2)14-15-8-10-16(11-9-15)22-17(23)21-13-12-20(5,18(24)28-21)19(21,3)4/h8-11H,6-7,12-14H2,1-5H3,(H,22,23)/t20-,21+/m0/s1. The van der Waals surface area contributed by atoms with E-state index < -0.39 is 24.0 Å². The smallest absolute Gasteiger partial charge is 0.335 e. The first-order valence-electron chi connectivity index (χ1n) is 10.1. The van der Waals surface area contributed by atoms with Gasteiger partial charge in [-0.3, -0.25) is 14.2 Å². The van der Waals surface area contributed by atoms with Gasteiger partial charge in [-0.05, 0) is 51.3 Å². The highest BCUT2D eigenvalue weighted by atomic mass is 31.2. The minimum atomic E-state index is -3.19. The van der Waals surface area contributed by atoms with Crippen molar-refractivity contribution in [2.24, 2.45) is 10.8 Å². The Labute approximate surface area is 172 Å². The molecule has 1 N–H and O–H groups in total. The highest BCUT2D eigenvalue weighted by Crippen LogP contribution is 2.65. The fraction of sp³-hybridized carbons (Fsp3) is 0.619. The number of amides is 1. The maximum Gasteiger partial charge on any atom is 0.335 e. The van der Waals surface area contributed by atoms with Gasteiger partial charge >= 0.3 is 13.6 Å². The normalized spacial score (nSPS) is 27.7. The van der Waals surface area contributed by atoms with E-state index >= 15 is 0 Å². The monoisotopic (exact) mass is 423 g/mol. The molecule has 1 amide bonds. The quantitative estimate of drug-likeness (QED) is 0.489. The summed E-state index contributed by atoms with van der Waals surface area (Å²) in [5, 5.41) is 2.89. The lowest BCUT2D eigenvalue weighted by Crippen LogP contribution is -2.50. The molecule has 3 rings (SSSR count). The summed E-state index contributed by atoms with van der Waals surface area (Å²) in [4.78, 5) is 25.5. The van der Waals surface area contributed by atoms with Crippen molar-refractivity contribution >= 4 is 25.2 Å². The van der Waals surface area contributed by atoms with E-state index in [4.69, 9.17) is 13.8 Å². The number of ether oxygens (including phenoxy) is 1. The van der Waals surface area contributed by atoms with Crippen LogP contribution < -0.4 is 5.32 Å². The van der Waals surface area contributed by atoms with E-state index in [0.29, 0.717) is 31.7 Å². The van der Waals surface area contributed by atoms with Crippen molar-refractivity contribution in [1.82, 2.24) is 0 Å². The summed E-state index contributed by atoms with van der Waals surface area (Å²) >= 11 is 0.